The second-order valence-electron chi connectivity index (χ2n) is 6.10. The molecular formula is C15H18N4O2S2. The van der Waals surface area contributed by atoms with E-state index in [-0.39, 0.29) is 18.1 Å². The molecular weight excluding hydrogens is 332 g/mol. The predicted octanol–water partition coefficient (Wildman–Crippen LogP) is 2.67. The minimum absolute atomic E-state index is 0.0403. The number of hydrogen-bond donors (Lipinski definition) is 2. The first-order valence-corrected chi connectivity index (χ1v) is 9.09. The quantitative estimate of drug-likeness (QED) is 0.832. The molecule has 2 aromatic heterocycles. The van der Waals surface area contributed by atoms with E-state index >= 15 is 0 Å². The molecule has 0 unspecified atom stereocenters. The molecule has 0 radical (unpaired) electrons. The van der Waals surface area contributed by atoms with Gasteiger partial charge in [0.25, 0.3) is 0 Å². The lowest BCUT2D eigenvalue weighted by Crippen LogP contribution is -2.44. The van der Waals surface area contributed by atoms with Gasteiger partial charge in [-0.05, 0) is 49.9 Å². The zero-order valence-electron chi connectivity index (χ0n) is 12.7. The fraction of sp³-hybridized carbons (Fsp3) is 0.533. The van der Waals surface area contributed by atoms with E-state index in [0.29, 0.717) is 16.7 Å². The summed E-state index contributed by atoms with van der Waals surface area (Å²) in [4.78, 5) is 13.7. The van der Waals surface area contributed by atoms with Crippen LogP contribution in [0.4, 0.5) is 0 Å². The summed E-state index contributed by atoms with van der Waals surface area (Å²) in [7, 11) is 0. The number of carbonyl (C=O) groups excluding carboxylic acids is 1. The van der Waals surface area contributed by atoms with Gasteiger partial charge in [0, 0.05) is 0 Å². The first-order valence-electron chi connectivity index (χ1n) is 7.80. The van der Waals surface area contributed by atoms with E-state index in [9.17, 15) is 4.79 Å². The molecule has 0 aromatic carbocycles. The summed E-state index contributed by atoms with van der Waals surface area (Å²) in [5.41, 5.74) is 0. The first kappa shape index (κ1) is 15.0. The van der Waals surface area contributed by atoms with Crippen LogP contribution in [0.15, 0.2) is 17.5 Å². The van der Waals surface area contributed by atoms with E-state index in [0.717, 1.165) is 24.1 Å². The lowest BCUT2D eigenvalue weighted by molar-refractivity contribution is -0.125. The highest BCUT2D eigenvalue weighted by molar-refractivity contribution is 7.71. The van der Waals surface area contributed by atoms with Crippen molar-refractivity contribution in [2.45, 2.75) is 50.5 Å². The summed E-state index contributed by atoms with van der Waals surface area (Å²) in [5, 5.41) is 12.2. The maximum atomic E-state index is 12.7. The zero-order chi connectivity index (χ0) is 16.0. The van der Waals surface area contributed by atoms with Crippen LogP contribution in [-0.4, -0.2) is 38.9 Å². The van der Waals surface area contributed by atoms with Crippen LogP contribution < -0.4 is 5.32 Å². The number of ether oxygens (including phenoxy) is 1. The Morgan fingerprint density at radius 2 is 2.48 bits per heavy atom. The Balaban J connectivity index is 1.55. The van der Waals surface area contributed by atoms with E-state index in [4.69, 9.17) is 17.0 Å². The summed E-state index contributed by atoms with van der Waals surface area (Å²) in [6.45, 7) is 1.85. The molecule has 0 aliphatic carbocycles. The second-order valence-corrected chi connectivity index (χ2v) is 7.43. The lowest BCUT2D eigenvalue weighted by Gasteiger charge is -2.23. The van der Waals surface area contributed by atoms with Gasteiger partial charge in [0.1, 0.15) is 6.04 Å². The zero-order valence-corrected chi connectivity index (χ0v) is 14.3. The fourth-order valence-corrected chi connectivity index (χ4v) is 4.45. The average Bonchev–Trinajstić information content (AvgIpc) is 3.30. The van der Waals surface area contributed by atoms with Gasteiger partial charge in [-0.2, -0.15) is 5.10 Å². The van der Waals surface area contributed by atoms with Crippen molar-refractivity contribution in [3.63, 3.8) is 0 Å². The van der Waals surface area contributed by atoms with Crippen LogP contribution in [-0.2, 0) is 9.53 Å². The third kappa shape index (κ3) is 2.64. The number of carbonyl (C=O) groups is 1. The highest BCUT2D eigenvalue weighted by Gasteiger charge is 2.42. The molecule has 0 spiro atoms. The molecule has 1 amide bonds. The number of aromatic nitrogens is 3. The van der Waals surface area contributed by atoms with E-state index in [1.54, 1.807) is 15.9 Å². The van der Waals surface area contributed by atoms with Crippen molar-refractivity contribution in [2.24, 2.45) is 0 Å². The molecule has 4 atom stereocenters. The number of hydrogen-bond acceptors (Lipinski definition) is 5. The first-order chi connectivity index (χ1) is 11.1. The topological polar surface area (TPSA) is 71.9 Å². The van der Waals surface area contributed by atoms with Crippen LogP contribution >= 0.6 is 23.6 Å². The number of nitrogens with zero attached hydrogens (tertiary/aromatic N) is 2. The summed E-state index contributed by atoms with van der Waals surface area (Å²) in [5.74, 6) is 0.665. The van der Waals surface area contributed by atoms with E-state index in [1.807, 2.05) is 24.4 Å². The van der Waals surface area contributed by atoms with Gasteiger partial charge < -0.3 is 10.1 Å². The number of thiophene rings is 1. The minimum atomic E-state index is -0.419. The molecule has 2 fully saturated rings. The Morgan fingerprint density at radius 3 is 3.13 bits per heavy atom. The van der Waals surface area contributed by atoms with Gasteiger partial charge in [-0.25, -0.2) is 0 Å². The van der Waals surface area contributed by atoms with Crippen LogP contribution in [0.25, 0.3) is 10.7 Å². The normalized spacial score (nSPS) is 27.3. The van der Waals surface area contributed by atoms with Gasteiger partial charge in [0.2, 0.25) is 5.91 Å². The molecule has 8 heteroatoms. The van der Waals surface area contributed by atoms with Crippen LogP contribution in [0.2, 0.25) is 0 Å². The van der Waals surface area contributed by atoms with Gasteiger partial charge in [-0.15, -0.1) is 11.3 Å². The van der Waals surface area contributed by atoms with Gasteiger partial charge in [0.05, 0.1) is 23.1 Å². The van der Waals surface area contributed by atoms with Gasteiger partial charge in [-0.1, -0.05) is 6.07 Å². The minimum Gasteiger partial charge on any atom is -0.373 e. The fourth-order valence-electron chi connectivity index (χ4n) is 3.45. The van der Waals surface area contributed by atoms with Crippen LogP contribution in [0.1, 0.15) is 32.2 Å². The second kappa shape index (κ2) is 5.85. The maximum Gasteiger partial charge on any atom is 0.243 e. The van der Waals surface area contributed by atoms with Gasteiger partial charge in [0.15, 0.2) is 10.6 Å². The number of rotatable bonds is 4. The molecule has 2 aromatic rings. The molecule has 4 heterocycles. The molecule has 2 N–H and O–H groups in total. The Labute approximate surface area is 142 Å². The molecule has 2 bridgehead atoms. The van der Waals surface area contributed by atoms with E-state index in [2.05, 4.69) is 15.5 Å². The SMILES string of the molecule is C[C@H](C(=O)N[C@H]1C[C@H]2CC[C@H]1O2)n1c(-c2cccs2)n[nH]c1=S. The van der Waals surface area contributed by atoms with Crippen LogP contribution in [0, 0.1) is 4.77 Å². The van der Waals surface area contributed by atoms with Crippen molar-refractivity contribution >= 4 is 29.5 Å². The monoisotopic (exact) mass is 350 g/mol. The molecule has 4 rings (SSSR count). The standard InChI is InChI=1S/C15H18N4O2S2/c1-8(14(20)16-10-7-9-4-5-11(10)21-9)19-13(17-18-15(19)22)12-3-2-6-23-12/h2-3,6,8-11H,4-5,7H2,1H3,(H,16,20)(H,18,22)/t8-,9-,10+,11-/m1/s1. The van der Waals surface area contributed by atoms with Crippen molar-refractivity contribution in [1.82, 2.24) is 20.1 Å². The Hall–Kier alpha value is -1.51. The van der Waals surface area contributed by atoms with Crippen molar-refractivity contribution in [1.29, 1.82) is 0 Å². The molecule has 122 valence electrons. The molecule has 23 heavy (non-hydrogen) atoms. The average molecular weight is 350 g/mol. The third-order valence-electron chi connectivity index (χ3n) is 4.65. The smallest absolute Gasteiger partial charge is 0.243 e. The maximum absolute atomic E-state index is 12.7. The summed E-state index contributed by atoms with van der Waals surface area (Å²) in [6.07, 6.45) is 3.55. The molecule has 2 aliphatic heterocycles. The summed E-state index contributed by atoms with van der Waals surface area (Å²) in [6, 6.07) is 3.63. The van der Waals surface area contributed by atoms with Crippen molar-refractivity contribution in [2.75, 3.05) is 0 Å². The largest absolute Gasteiger partial charge is 0.373 e. The number of nitrogens with one attached hydrogen (secondary N) is 2. The Bertz CT molecular complexity index is 767. The van der Waals surface area contributed by atoms with Gasteiger partial charge >= 0.3 is 0 Å². The molecule has 2 aliphatic rings. The number of fused-ring (bicyclic) bond motifs is 2. The van der Waals surface area contributed by atoms with E-state index in [1.165, 1.54) is 0 Å². The van der Waals surface area contributed by atoms with Gasteiger partial charge in [-0.3, -0.25) is 14.5 Å². The molecule has 2 saturated heterocycles. The highest BCUT2D eigenvalue weighted by Crippen LogP contribution is 2.34. The highest BCUT2D eigenvalue weighted by atomic mass is 32.1. The van der Waals surface area contributed by atoms with Crippen molar-refractivity contribution < 1.29 is 9.53 Å². The van der Waals surface area contributed by atoms with Crippen molar-refractivity contribution in [3.8, 4) is 10.7 Å². The van der Waals surface area contributed by atoms with Crippen molar-refractivity contribution in [3.05, 3.63) is 22.3 Å². The van der Waals surface area contributed by atoms with E-state index < -0.39 is 6.04 Å². The molecule has 0 saturated carbocycles. The number of amides is 1. The van der Waals surface area contributed by atoms with Crippen LogP contribution in [0.3, 0.4) is 0 Å². The Morgan fingerprint density at radius 1 is 1.61 bits per heavy atom. The lowest BCUT2D eigenvalue weighted by atomic mass is 9.95. The number of aromatic amines is 1. The van der Waals surface area contributed by atoms with Crippen LogP contribution in [0.5, 0.6) is 0 Å². The third-order valence-corrected chi connectivity index (χ3v) is 5.80. The predicted molar refractivity (Wildman–Crippen MR) is 89.9 cm³/mol. The summed E-state index contributed by atoms with van der Waals surface area (Å²) < 4.78 is 8.04. The number of H-pyrrole nitrogens is 1. The Kier molecular flexibility index (Phi) is 3.82. The molecule has 6 nitrogen and oxygen atoms in total. The summed E-state index contributed by atoms with van der Waals surface area (Å²) >= 11 is 6.90.